The molecular weight excluding hydrogens is 286 g/mol. The normalized spacial score (nSPS) is 26.6. The van der Waals surface area contributed by atoms with Crippen molar-refractivity contribution in [1.29, 1.82) is 0 Å². The number of amides is 4. The van der Waals surface area contributed by atoms with Gasteiger partial charge in [0.1, 0.15) is 19.1 Å². The molecule has 2 heterocycles. The van der Waals surface area contributed by atoms with Crippen molar-refractivity contribution in [2.75, 3.05) is 25.9 Å². The largest absolute Gasteiger partial charge is 0.480 e. The number of aliphatic carboxylic acids is 1. The quantitative estimate of drug-likeness (QED) is 0.689. The van der Waals surface area contributed by atoms with Crippen molar-refractivity contribution < 1.29 is 24.3 Å². The van der Waals surface area contributed by atoms with Gasteiger partial charge in [0, 0.05) is 12.8 Å². The number of imide groups is 1. The van der Waals surface area contributed by atoms with E-state index in [4.69, 9.17) is 5.11 Å². The molecule has 0 aromatic rings. The first-order valence-corrected chi connectivity index (χ1v) is 7.09. The summed E-state index contributed by atoms with van der Waals surface area (Å²) >= 11 is 1.36. The summed E-state index contributed by atoms with van der Waals surface area (Å²) in [7, 11) is 1.47. The number of urea groups is 1. The molecule has 4 amide bonds. The van der Waals surface area contributed by atoms with E-state index in [2.05, 4.69) is 0 Å². The van der Waals surface area contributed by atoms with E-state index in [1.54, 1.807) is 6.92 Å². The van der Waals surface area contributed by atoms with Crippen molar-refractivity contribution >= 4 is 35.6 Å². The maximum absolute atomic E-state index is 12.2. The van der Waals surface area contributed by atoms with E-state index < -0.39 is 36.4 Å². The third-order valence-electron chi connectivity index (χ3n) is 3.32. The SMILES string of the molecule is CC1SCC(C(=O)O)N1C(=O)CN1C(=O)CN(C)C1=O. The van der Waals surface area contributed by atoms with Crippen LogP contribution >= 0.6 is 11.8 Å². The van der Waals surface area contributed by atoms with Crippen LogP contribution in [0.1, 0.15) is 6.92 Å². The van der Waals surface area contributed by atoms with Crippen LogP contribution in [0.4, 0.5) is 4.79 Å². The fourth-order valence-electron chi connectivity index (χ4n) is 2.25. The monoisotopic (exact) mass is 301 g/mol. The van der Waals surface area contributed by atoms with Gasteiger partial charge in [-0.05, 0) is 6.92 Å². The Morgan fingerprint density at radius 3 is 2.55 bits per heavy atom. The zero-order valence-electron chi connectivity index (χ0n) is 11.1. The first-order valence-electron chi connectivity index (χ1n) is 6.04. The van der Waals surface area contributed by atoms with E-state index in [-0.39, 0.29) is 11.9 Å². The molecule has 2 saturated heterocycles. The lowest BCUT2D eigenvalue weighted by atomic mass is 10.2. The molecule has 2 aliphatic heterocycles. The summed E-state index contributed by atoms with van der Waals surface area (Å²) in [5.41, 5.74) is 0. The number of hydrogen-bond acceptors (Lipinski definition) is 5. The van der Waals surface area contributed by atoms with Crippen LogP contribution < -0.4 is 0 Å². The highest BCUT2D eigenvalue weighted by molar-refractivity contribution is 8.00. The molecule has 2 atom stereocenters. The summed E-state index contributed by atoms with van der Waals surface area (Å²) in [6, 6.07) is -1.44. The Balaban J connectivity index is 2.09. The average molecular weight is 301 g/mol. The molecule has 2 rings (SSSR count). The second kappa shape index (κ2) is 5.31. The highest BCUT2D eigenvalue weighted by Crippen LogP contribution is 2.29. The lowest BCUT2D eigenvalue weighted by Crippen LogP contribution is -2.50. The molecular formula is C11H15N3O5S. The molecule has 2 fully saturated rings. The Labute approximate surface area is 119 Å². The van der Waals surface area contributed by atoms with Crippen LogP contribution in [0.15, 0.2) is 0 Å². The van der Waals surface area contributed by atoms with E-state index >= 15 is 0 Å². The van der Waals surface area contributed by atoms with Crippen molar-refractivity contribution in [2.24, 2.45) is 0 Å². The molecule has 0 bridgehead atoms. The number of rotatable bonds is 3. The Morgan fingerprint density at radius 2 is 2.05 bits per heavy atom. The first kappa shape index (κ1) is 14.6. The maximum Gasteiger partial charge on any atom is 0.327 e. The number of carboxylic acid groups (broad SMARTS) is 1. The van der Waals surface area contributed by atoms with Crippen LogP contribution in [-0.2, 0) is 14.4 Å². The first-order chi connectivity index (χ1) is 9.32. The van der Waals surface area contributed by atoms with Gasteiger partial charge in [-0.15, -0.1) is 11.8 Å². The van der Waals surface area contributed by atoms with E-state index in [1.807, 2.05) is 0 Å². The van der Waals surface area contributed by atoms with Crippen LogP contribution in [0.25, 0.3) is 0 Å². The van der Waals surface area contributed by atoms with Gasteiger partial charge in [-0.25, -0.2) is 9.59 Å². The van der Waals surface area contributed by atoms with Gasteiger partial charge in [-0.2, -0.15) is 0 Å². The smallest absolute Gasteiger partial charge is 0.327 e. The molecule has 0 saturated carbocycles. The minimum atomic E-state index is -1.08. The predicted molar refractivity (Wildman–Crippen MR) is 69.9 cm³/mol. The van der Waals surface area contributed by atoms with Crippen LogP contribution in [0.5, 0.6) is 0 Å². The van der Waals surface area contributed by atoms with Crippen LogP contribution in [0.2, 0.25) is 0 Å². The van der Waals surface area contributed by atoms with Gasteiger partial charge < -0.3 is 14.9 Å². The zero-order valence-corrected chi connectivity index (χ0v) is 11.9. The molecule has 0 aliphatic carbocycles. The van der Waals surface area contributed by atoms with Gasteiger partial charge in [0.25, 0.3) is 5.91 Å². The Kier molecular flexibility index (Phi) is 3.89. The second-order valence-corrected chi connectivity index (χ2v) is 6.06. The van der Waals surface area contributed by atoms with E-state index in [0.29, 0.717) is 5.75 Å². The number of thioether (sulfide) groups is 1. The number of carboxylic acids is 1. The van der Waals surface area contributed by atoms with Crippen LogP contribution in [0.3, 0.4) is 0 Å². The Hall–Kier alpha value is -1.77. The van der Waals surface area contributed by atoms with E-state index in [0.717, 1.165) is 4.90 Å². The third-order valence-corrected chi connectivity index (χ3v) is 4.54. The average Bonchev–Trinajstić information content (AvgIpc) is 2.85. The lowest BCUT2D eigenvalue weighted by molar-refractivity contribution is -0.149. The lowest BCUT2D eigenvalue weighted by Gasteiger charge is -2.26. The van der Waals surface area contributed by atoms with Crippen LogP contribution in [0, 0.1) is 0 Å². The Morgan fingerprint density at radius 1 is 1.40 bits per heavy atom. The summed E-state index contributed by atoms with van der Waals surface area (Å²) < 4.78 is 0. The molecule has 0 aromatic carbocycles. The molecule has 0 radical (unpaired) electrons. The van der Waals surface area contributed by atoms with Gasteiger partial charge in [0.2, 0.25) is 5.91 Å². The van der Waals surface area contributed by atoms with E-state index in [1.165, 1.54) is 28.6 Å². The van der Waals surface area contributed by atoms with E-state index in [9.17, 15) is 19.2 Å². The van der Waals surface area contributed by atoms with Gasteiger partial charge in [-0.1, -0.05) is 0 Å². The molecule has 2 unspecified atom stereocenters. The zero-order chi connectivity index (χ0) is 15.0. The minimum absolute atomic E-state index is 0.0568. The molecule has 20 heavy (non-hydrogen) atoms. The van der Waals surface area contributed by atoms with Crippen molar-refractivity contribution in [3.8, 4) is 0 Å². The predicted octanol–water partition coefficient (Wildman–Crippen LogP) is -0.745. The second-order valence-electron chi connectivity index (χ2n) is 4.71. The van der Waals surface area contributed by atoms with Gasteiger partial charge in [0.05, 0.1) is 5.37 Å². The molecule has 0 aromatic heterocycles. The fraction of sp³-hybridized carbons (Fsp3) is 0.636. The van der Waals surface area contributed by atoms with Crippen LogP contribution in [-0.4, -0.2) is 80.9 Å². The molecule has 110 valence electrons. The van der Waals surface area contributed by atoms with Gasteiger partial charge >= 0.3 is 12.0 Å². The summed E-state index contributed by atoms with van der Waals surface area (Å²) in [5.74, 6) is -1.74. The molecule has 8 nitrogen and oxygen atoms in total. The van der Waals surface area contributed by atoms with Gasteiger partial charge in [0.15, 0.2) is 0 Å². The van der Waals surface area contributed by atoms with Crippen molar-refractivity contribution in [3.63, 3.8) is 0 Å². The summed E-state index contributed by atoms with van der Waals surface area (Å²) in [6.45, 7) is 1.26. The van der Waals surface area contributed by atoms with Crippen molar-refractivity contribution in [3.05, 3.63) is 0 Å². The minimum Gasteiger partial charge on any atom is -0.480 e. The number of likely N-dealkylation sites (N-methyl/N-ethyl adjacent to an activating group) is 1. The Bertz CT molecular complexity index is 483. The number of carbonyl (C=O) groups is 4. The summed E-state index contributed by atoms with van der Waals surface area (Å²) in [4.78, 5) is 49.9. The number of carbonyl (C=O) groups excluding carboxylic acids is 3. The van der Waals surface area contributed by atoms with Gasteiger partial charge in [-0.3, -0.25) is 14.5 Å². The van der Waals surface area contributed by atoms with Crippen molar-refractivity contribution in [2.45, 2.75) is 18.3 Å². The topological polar surface area (TPSA) is 98.2 Å². The van der Waals surface area contributed by atoms with Crippen molar-refractivity contribution in [1.82, 2.24) is 14.7 Å². The highest BCUT2D eigenvalue weighted by Gasteiger charge is 2.42. The number of nitrogens with zero attached hydrogens (tertiary/aromatic N) is 3. The highest BCUT2D eigenvalue weighted by atomic mass is 32.2. The molecule has 1 N–H and O–H groups in total. The molecule has 0 spiro atoms. The summed E-state index contributed by atoms with van der Waals surface area (Å²) in [6.07, 6.45) is 0. The number of hydrogen-bond donors (Lipinski definition) is 1. The molecule has 2 aliphatic rings. The third kappa shape index (κ3) is 2.45. The fourth-order valence-corrected chi connectivity index (χ4v) is 3.44. The molecule has 9 heteroatoms. The summed E-state index contributed by atoms with van der Waals surface area (Å²) in [5, 5.41) is 8.81. The maximum atomic E-state index is 12.2. The standard InChI is InChI=1S/C11H15N3O5S/c1-6-14(7(5-20-6)10(17)18)9(16)4-13-8(15)3-12(2)11(13)19/h6-7H,3-5H2,1-2H3,(H,17,18).